The number of hydrogen-bond acceptors (Lipinski definition) is 5. The van der Waals surface area contributed by atoms with Crippen molar-refractivity contribution in [3.05, 3.63) is 24.3 Å². The third-order valence-electron chi connectivity index (χ3n) is 1.55. The van der Waals surface area contributed by atoms with Gasteiger partial charge in [-0.2, -0.15) is 0 Å². The Morgan fingerprint density at radius 3 is 2.06 bits per heavy atom. The summed E-state index contributed by atoms with van der Waals surface area (Å²) in [6, 6.07) is 5.85. The summed E-state index contributed by atoms with van der Waals surface area (Å²) in [4.78, 5) is 0. The van der Waals surface area contributed by atoms with Crippen LogP contribution in [0, 0.1) is 0 Å². The van der Waals surface area contributed by atoms with Crippen LogP contribution in [0.15, 0.2) is 24.3 Å². The fraction of sp³-hybridized carbons (Fsp3) is 0.455. The van der Waals surface area contributed by atoms with Crippen LogP contribution in [-0.4, -0.2) is 39.9 Å². The molecule has 0 aromatic heterocycles. The molecule has 0 saturated carbocycles. The highest BCUT2D eigenvalue weighted by atomic mass is 16.5. The van der Waals surface area contributed by atoms with E-state index < -0.39 is 6.29 Å². The number of rotatable bonds is 4. The maximum absolute atomic E-state index is 8.65. The second kappa shape index (κ2) is 8.96. The number of phenolic OH excluding ortho intramolecular Hbond substituents is 2. The van der Waals surface area contributed by atoms with Crippen LogP contribution >= 0.6 is 0 Å². The van der Waals surface area contributed by atoms with E-state index in [4.69, 9.17) is 25.2 Å². The van der Waals surface area contributed by atoms with Crippen molar-refractivity contribution in [2.75, 3.05) is 13.2 Å². The third-order valence-corrected chi connectivity index (χ3v) is 1.55. The molecule has 0 fully saturated rings. The van der Waals surface area contributed by atoms with E-state index in [1.54, 1.807) is 6.07 Å². The number of ether oxygens (including phenoxy) is 1. The van der Waals surface area contributed by atoms with Gasteiger partial charge in [0.2, 0.25) is 0 Å². The molecule has 1 aromatic rings. The van der Waals surface area contributed by atoms with E-state index in [2.05, 4.69) is 0 Å². The van der Waals surface area contributed by atoms with Gasteiger partial charge >= 0.3 is 0 Å². The number of aromatic hydroxyl groups is 2. The quantitative estimate of drug-likeness (QED) is 0.454. The number of hydrogen-bond donors (Lipinski definition) is 4. The van der Waals surface area contributed by atoms with Crippen LogP contribution in [0.25, 0.3) is 0 Å². The van der Waals surface area contributed by atoms with Gasteiger partial charge in [-0.15, -0.1) is 0 Å². The van der Waals surface area contributed by atoms with Crippen LogP contribution in [0.3, 0.4) is 0 Å². The molecule has 0 radical (unpaired) electrons. The van der Waals surface area contributed by atoms with Crippen molar-refractivity contribution in [3.8, 4) is 11.5 Å². The third kappa shape index (κ3) is 9.26. The number of phenols is 2. The standard InChI is InChI=1S/C6H6O2.C5H12O3/c7-5-2-1-3-6(8)4-5;1-2-8-4-3-5(6)7/h1-4,7-8H;5-7H,2-4H2,1H3. The van der Waals surface area contributed by atoms with Gasteiger partial charge in [-0.25, -0.2) is 0 Å². The largest absolute Gasteiger partial charge is 0.508 e. The van der Waals surface area contributed by atoms with Crippen LogP contribution in [0.2, 0.25) is 0 Å². The summed E-state index contributed by atoms with van der Waals surface area (Å²) in [5.41, 5.74) is 0. The van der Waals surface area contributed by atoms with Gasteiger partial charge in [0.15, 0.2) is 6.29 Å². The summed E-state index contributed by atoms with van der Waals surface area (Å²) in [6.07, 6.45) is -0.921. The Bertz CT molecular complexity index is 258. The van der Waals surface area contributed by atoms with Gasteiger partial charge in [0, 0.05) is 19.1 Å². The molecule has 4 N–H and O–H groups in total. The second-order valence-corrected chi connectivity index (χ2v) is 2.99. The summed E-state index contributed by atoms with van der Waals surface area (Å²) in [7, 11) is 0. The molecule has 0 spiro atoms. The van der Waals surface area contributed by atoms with Gasteiger partial charge in [0.05, 0.1) is 6.61 Å². The average Bonchev–Trinajstić information content (AvgIpc) is 2.18. The fourth-order valence-electron chi connectivity index (χ4n) is 0.826. The maximum atomic E-state index is 8.65. The van der Waals surface area contributed by atoms with Crippen molar-refractivity contribution in [1.29, 1.82) is 0 Å². The van der Waals surface area contributed by atoms with Gasteiger partial charge in [0.25, 0.3) is 0 Å². The smallest absolute Gasteiger partial charge is 0.153 e. The topological polar surface area (TPSA) is 90.2 Å². The van der Waals surface area contributed by atoms with Crippen molar-refractivity contribution in [1.82, 2.24) is 0 Å². The van der Waals surface area contributed by atoms with Crippen molar-refractivity contribution < 1.29 is 25.2 Å². The molecule has 5 heteroatoms. The van der Waals surface area contributed by atoms with E-state index >= 15 is 0 Å². The Balaban J connectivity index is 0.000000281. The molecule has 1 aromatic carbocycles. The minimum Gasteiger partial charge on any atom is -0.508 e. The lowest BCUT2D eigenvalue weighted by atomic mass is 10.3. The van der Waals surface area contributed by atoms with Crippen molar-refractivity contribution >= 4 is 0 Å². The summed E-state index contributed by atoms with van der Waals surface area (Å²) in [5.74, 6) is 0.176. The molecule has 0 heterocycles. The van der Waals surface area contributed by atoms with Gasteiger partial charge in [-0.1, -0.05) is 6.07 Å². The van der Waals surface area contributed by atoms with E-state index in [-0.39, 0.29) is 11.5 Å². The molecule has 1 rings (SSSR count). The predicted octanol–water partition coefficient (Wildman–Crippen LogP) is 0.821. The first kappa shape index (κ1) is 14.7. The molecule has 0 aliphatic rings. The zero-order chi connectivity index (χ0) is 12.4. The van der Waals surface area contributed by atoms with E-state index in [1.807, 2.05) is 6.92 Å². The van der Waals surface area contributed by atoms with Crippen LogP contribution < -0.4 is 0 Å². The molecule has 5 nitrogen and oxygen atoms in total. The van der Waals surface area contributed by atoms with Gasteiger partial charge in [0.1, 0.15) is 11.5 Å². The van der Waals surface area contributed by atoms with E-state index in [1.165, 1.54) is 18.2 Å². The lowest BCUT2D eigenvalue weighted by Gasteiger charge is -2.01. The van der Waals surface area contributed by atoms with E-state index in [0.29, 0.717) is 19.6 Å². The minimum absolute atomic E-state index is 0.0880. The van der Waals surface area contributed by atoms with Crippen molar-refractivity contribution in [2.24, 2.45) is 0 Å². The molecule has 0 bridgehead atoms. The summed E-state index contributed by atoms with van der Waals surface area (Å²) in [6.45, 7) is 2.92. The van der Waals surface area contributed by atoms with Gasteiger partial charge in [-0.05, 0) is 19.1 Å². The summed E-state index contributed by atoms with van der Waals surface area (Å²) < 4.78 is 4.82. The second-order valence-electron chi connectivity index (χ2n) is 2.99. The summed E-state index contributed by atoms with van der Waals surface area (Å²) >= 11 is 0. The Labute approximate surface area is 94.6 Å². The first-order valence-corrected chi connectivity index (χ1v) is 4.98. The first-order chi connectivity index (χ1) is 7.56. The normalized spacial score (nSPS) is 9.75. The lowest BCUT2D eigenvalue weighted by Crippen LogP contribution is -2.08. The van der Waals surface area contributed by atoms with Crippen LogP contribution in [0.5, 0.6) is 11.5 Å². The number of aliphatic hydroxyl groups excluding tert-OH is 1. The number of aliphatic hydroxyl groups is 2. The molecular formula is C11H18O5. The van der Waals surface area contributed by atoms with E-state index in [0.717, 1.165) is 0 Å². The molecule has 0 aliphatic carbocycles. The Morgan fingerprint density at radius 1 is 1.19 bits per heavy atom. The highest BCUT2D eigenvalue weighted by Gasteiger charge is 1.93. The predicted molar refractivity (Wildman–Crippen MR) is 59.1 cm³/mol. The highest BCUT2D eigenvalue weighted by Crippen LogP contribution is 2.14. The Kier molecular flexibility index (Phi) is 8.24. The molecule has 0 atom stereocenters. The van der Waals surface area contributed by atoms with Crippen molar-refractivity contribution in [2.45, 2.75) is 19.6 Å². The molecule has 0 aliphatic heterocycles. The van der Waals surface area contributed by atoms with Crippen LogP contribution in [0.1, 0.15) is 13.3 Å². The Hall–Kier alpha value is -1.30. The van der Waals surface area contributed by atoms with Crippen LogP contribution in [0.4, 0.5) is 0 Å². The lowest BCUT2D eigenvalue weighted by molar-refractivity contribution is -0.0601. The molecular weight excluding hydrogens is 212 g/mol. The summed E-state index contributed by atoms with van der Waals surface area (Å²) in [5, 5.41) is 33.8. The highest BCUT2D eigenvalue weighted by molar-refractivity contribution is 5.30. The van der Waals surface area contributed by atoms with Crippen molar-refractivity contribution in [3.63, 3.8) is 0 Å². The molecule has 0 saturated heterocycles. The van der Waals surface area contributed by atoms with Gasteiger partial charge < -0.3 is 25.2 Å². The first-order valence-electron chi connectivity index (χ1n) is 4.98. The molecule has 0 amide bonds. The maximum Gasteiger partial charge on any atom is 0.153 e. The number of benzene rings is 1. The fourth-order valence-corrected chi connectivity index (χ4v) is 0.826. The monoisotopic (exact) mass is 230 g/mol. The van der Waals surface area contributed by atoms with Gasteiger partial charge in [-0.3, -0.25) is 0 Å². The zero-order valence-electron chi connectivity index (χ0n) is 9.21. The minimum atomic E-state index is -1.22. The Morgan fingerprint density at radius 2 is 1.75 bits per heavy atom. The van der Waals surface area contributed by atoms with E-state index in [9.17, 15) is 0 Å². The SMILES string of the molecule is CCOCCC(O)O.Oc1cccc(O)c1. The molecule has 0 unspecified atom stereocenters. The van der Waals surface area contributed by atoms with Crippen LogP contribution in [-0.2, 0) is 4.74 Å². The zero-order valence-corrected chi connectivity index (χ0v) is 9.21. The molecule has 16 heavy (non-hydrogen) atoms. The molecule has 92 valence electrons. The average molecular weight is 230 g/mol.